The van der Waals surface area contributed by atoms with E-state index in [-0.39, 0.29) is 6.04 Å². The third-order valence-electron chi connectivity index (χ3n) is 3.99. The van der Waals surface area contributed by atoms with Gasteiger partial charge in [-0.2, -0.15) is 0 Å². The van der Waals surface area contributed by atoms with Crippen molar-refractivity contribution >= 4 is 0 Å². The molecule has 0 heterocycles. The zero-order valence-corrected chi connectivity index (χ0v) is 13.6. The monoisotopic (exact) mass is 278 g/mol. The number of benzene rings is 1. The van der Waals surface area contributed by atoms with E-state index in [1.165, 1.54) is 42.4 Å². The molecule has 1 atom stereocenters. The van der Waals surface area contributed by atoms with Gasteiger partial charge in [-0.15, -0.1) is 0 Å². The molecule has 0 saturated carbocycles. The molecule has 0 aliphatic rings. The van der Waals surface area contributed by atoms with Crippen molar-refractivity contribution in [1.29, 1.82) is 0 Å². The molecule has 3 N–H and O–H groups in total. The Balaban J connectivity index is 3.22. The quantitative estimate of drug-likeness (QED) is 0.557. The third-order valence-corrected chi connectivity index (χ3v) is 3.99. The summed E-state index contributed by atoms with van der Waals surface area (Å²) in [6, 6.07) is 4.46. The van der Waals surface area contributed by atoms with E-state index in [1.807, 2.05) is 0 Å². The largest absolute Gasteiger partial charge is 0.496 e. The maximum atomic E-state index is 5.89. The van der Waals surface area contributed by atoms with Crippen LogP contribution in [-0.2, 0) is 0 Å². The fourth-order valence-corrected chi connectivity index (χ4v) is 3.18. The number of rotatable bonds is 8. The van der Waals surface area contributed by atoms with E-state index in [4.69, 9.17) is 10.6 Å². The molecule has 0 aliphatic carbocycles. The van der Waals surface area contributed by atoms with Crippen LogP contribution in [0.25, 0.3) is 0 Å². The van der Waals surface area contributed by atoms with Gasteiger partial charge in [-0.25, -0.2) is 0 Å². The summed E-state index contributed by atoms with van der Waals surface area (Å²) in [6.45, 7) is 8.70. The topological polar surface area (TPSA) is 47.3 Å². The summed E-state index contributed by atoms with van der Waals surface area (Å²) < 4.78 is 5.60. The standard InChI is InChI=1S/C17H30N2O/c1-6-8-14(9-7-2)17(19-18)16-13(4)10-12(3)11-15(16)20-5/h10-11,14,17,19H,6-9,18H2,1-5H3. The molecule has 3 nitrogen and oxygen atoms in total. The van der Waals surface area contributed by atoms with Crippen molar-refractivity contribution in [3.05, 3.63) is 28.8 Å². The Labute approximate surface area is 123 Å². The first-order valence-electron chi connectivity index (χ1n) is 7.70. The second kappa shape index (κ2) is 8.28. The highest BCUT2D eigenvalue weighted by Crippen LogP contribution is 2.37. The van der Waals surface area contributed by atoms with Crippen LogP contribution >= 0.6 is 0 Å². The molecule has 0 spiro atoms. The zero-order valence-electron chi connectivity index (χ0n) is 13.6. The van der Waals surface area contributed by atoms with Crippen molar-refractivity contribution in [2.75, 3.05) is 7.11 Å². The lowest BCUT2D eigenvalue weighted by Gasteiger charge is -2.29. The molecule has 1 aromatic rings. The first-order valence-corrected chi connectivity index (χ1v) is 7.70. The summed E-state index contributed by atoms with van der Waals surface area (Å²) in [5, 5.41) is 0. The predicted octanol–water partition coefficient (Wildman–Crippen LogP) is 4.03. The van der Waals surface area contributed by atoms with Crippen molar-refractivity contribution in [3.8, 4) is 5.75 Å². The Kier molecular flexibility index (Phi) is 7.03. The minimum atomic E-state index is 0.158. The molecule has 1 aromatic carbocycles. The molecule has 0 fully saturated rings. The third kappa shape index (κ3) is 3.97. The van der Waals surface area contributed by atoms with E-state index in [2.05, 4.69) is 45.3 Å². The fraction of sp³-hybridized carbons (Fsp3) is 0.647. The van der Waals surface area contributed by atoms with Crippen LogP contribution in [-0.4, -0.2) is 7.11 Å². The van der Waals surface area contributed by atoms with Crippen LogP contribution in [0.3, 0.4) is 0 Å². The number of nitrogens with two attached hydrogens (primary N) is 1. The van der Waals surface area contributed by atoms with Crippen LogP contribution in [0.4, 0.5) is 0 Å². The number of nitrogens with one attached hydrogen (secondary N) is 1. The van der Waals surface area contributed by atoms with E-state index in [1.54, 1.807) is 7.11 Å². The van der Waals surface area contributed by atoms with E-state index >= 15 is 0 Å². The predicted molar refractivity (Wildman–Crippen MR) is 85.8 cm³/mol. The van der Waals surface area contributed by atoms with E-state index in [0.29, 0.717) is 5.92 Å². The molecule has 0 aromatic heterocycles. The van der Waals surface area contributed by atoms with E-state index in [9.17, 15) is 0 Å². The highest BCUT2D eigenvalue weighted by Gasteiger charge is 2.25. The number of aryl methyl sites for hydroxylation is 2. The first-order chi connectivity index (χ1) is 9.58. The van der Waals surface area contributed by atoms with Gasteiger partial charge in [0.2, 0.25) is 0 Å². The number of methoxy groups -OCH3 is 1. The van der Waals surface area contributed by atoms with Gasteiger partial charge >= 0.3 is 0 Å². The van der Waals surface area contributed by atoms with Crippen molar-refractivity contribution in [1.82, 2.24) is 5.43 Å². The van der Waals surface area contributed by atoms with Gasteiger partial charge in [0.25, 0.3) is 0 Å². The minimum absolute atomic E-state index is 0.158. The van der Waals surface area contributed by atoms with Gasteiger partial charge in [0.1, 0.15) is 5.75 Å². The second-order valence-electron chi connectivity index (χ2n) is 5.68. The molecule has 1 unspecified atom stereocenters. The summed E-state index contributed by atoms with van der Waals surface area (Å²) in [5.74, 6) is 7.38. The molecule has 0 amide bonds. The van der Waals surface area contributed by atoms with Gasteiger partial charge in [0.05, 0.1) is 13.2 Å². The summed E-state index contributed by atoms with van der Waals surface area (Å²) >= 11 is 0. The SMILES string of the molecule is CCCC(CCC)C(NN)c1c(C)cc(C)cc1OC. The van der Waals surface area contributed by atoms with E-state index in [0.717, 1.165) is 5.75 Å². The number of hydrazine groups is 1. The number of ether oxygens (including phenoxy) is 1. The second-order valence-corrected chi connectivity index (χ2v) is 5.68. The Morgan fingerprint density at radius 1 is 1.15 bits per heavy atom. The van der Waals surface area contributed by atoms with Gasteiger partial charge in [-0.1, -0.05) is 32.8 Å². The van der Waals surface area contributed by atoms with Crippen LogP contribution in [0, 0.1) is 19.8 Å². The smallest absolute Gasteiger partial charge is 0.124 e. The molecule has 20 heavy (non-hydrogen) atoms. The molecule has 0 radical (unpaired) electrons. The van der Waals surface area contributed by atoms with Crippen LogP contribution in [0.2, 0.25) is 0 Å². The average Bonchev–Trinajstić information content (AvgIpc) is 2.41. The normalized spacial score (nSPS) is 12.8. The highest BCUT2D eigenvalue weighted by molar-refractivity contribution is 5.45. The minimum Gasteiger partial charge on any atom is -0.496 e. The van der Waals surface area contributed by atoms with Gasteiger partial charge in [-0.3, -0.25) is 11.3 Å². The molecular weight excluding hydrogens is 248 g/mol. The zero-order chi connectivity index (χ0) is 15.1. The summed E-state index contributed by atoms with van der Waals surface area (Å²) in [5.41, 5.74) is 6.73. The van der Waals surface area contributed by atoms with Crippen LogP contribution in [0.15, 0.2) is 12.1 Å². The van der Waals surface area contributed by atoms with Crippen LogP contribution in [0.5, 0.6) is 5.75 Å². The molecule has 114 valence electrons. The van der Waals surface area contributed by atoms with Gasteiger partial charge < -0.3 is 4.74 Å². The highest BCUT2D eigenvalue weighted by atomic mass is 16.5. The lowest BCUT2D eigenvalue weighted by molar-refractivity contribution is 0.306. The Morgan fingerprint density at radius 3 is 2.20 bits per heavy atom. The molecule has 0 bridgehead atoms. The van der Waals surface area contributed by atoms with Crippen LogP contribution < -0.4 is 16.0 Å². The maximum absolute atomic E-state index is 5.89. The van der Waals surface area contributed by atoms with Gasteiger partial charge in [0.15, 0.2) is 0 Å². The van der Waals surface area contributed by atoms with Gasteiger partial charge in [-0.05, 0) is 49.8 Å². The van der Waals surface area contributed by atoms with Crippen molar-refractivity contribution < 1.29 is 4.74 Å². The summed E-state index contributed by atoms with van der Waals surface area (Å²) in [4.78, 5) is 0. The van der Waals surface area contributed by atoms with Crippen LogP contribution in [0.1, 0.15) is 62.3 Å². The average molecular weight is 278 g/mol. The Morgan fingerprint density at radius 2 is 1.75 bits per heavy atom. The van der Waals surface area contributed by atoms with E-state index < -0.39 is 0 Å². The number of hydrogen-bond acceptors (Lipinski definition) is 3. The molecule has 0 saturated heterocycles. The fourth-order valence-electron chi connectivity index (χ4n) is 3.18. The Bertz CT molecular complexity index is 412. The van der Waals surface area contributed by atoms with Crippen molar-refractivity contribution in [2.24, 2.45) is 11.8 Å². The molecule has 3 heteroatoms. The van der Waals surface area contributed by atoms with Crippen molar-refractivity contribution in [2.45, 2.75) is 59.4 Å². The van der Waals surface area contributed by atoms with Crippen molar-refractivity contribution in [3.63, 3.8) is 0 Å². The maximum Gasteiger partial charge on any atom is 0.124 e. The number of hydrogen-bond donors (Lipinski definition) is 2. The molecular formula is C17H30N2O. The Hall–Kier alpha value is -1.06. The lowest BCUT2D eigenvalue weighted by atomic mass is 9.84. The molecule has 0 aliphatic heterocycles. The molecule has 1 rings (SSSR count). The summed E-state index contributed by atoms with van der Waals surface area (Å²) in [7, 11) is 1.74. The first kappa shape index (κ1) is 17.0. The van der Waals surface area contributed by atoms with Gasteiger partial charge in [0, 0.05) is 5.56 Å². The lowest BCUT2D eigenvalue weighted by Crippen LogP contribution is -2.34. The summed E-state index contributed by atoms with van der Waals surface area (Å²) in [6.07, 6.45) is 4.71.